The Labute approximate surface area is 84.6 Å². The summed E-state index contributed by atoms with van der Waals surface area (Å²) in [5.74, 6) is 0.592. The molecule has 1 heterocycles. The van der Waals surface area contributed by atoms with Gasteiger partial charge in [0, 0.05) is 13.0 Å². The Bertz CT molecular complexity index is 359. The molecule has 0 aliphatic heterocycles. The van der Waals surface area contributed by atoms with Gasteiger partial charge >= 0.3 is 11.4 Å². The van der Waals surface area contributed by atoms with Gasteiger partial charge in [-0.05, 0) is 18.9 Å². The Morgan fingerprint density at radius 2 is 2.50 bits per heavy atom. The summed E-state index contributed by atoms with van der Waals surface area (Å²) in [6.07, 6.45) is 2.40. The zero-order chi connectivity index (χ0) is 10.1. The summed E-state index contributed by atoms with van der Waals surface area (Å²) in [4.78, 5) is 0. The minimum absolute atomic E-state index is 0.124. The normalized spacial score (nSPS) is 18.4. The molecule has 1 saturated carbocycles. The van der Waals surface area contributed by atoms with E-state index < -0.39 is 11.4 Å². The van der Waals surface area contributed by atoms with Crippen molar-refractivity contribution in [1.29, 1.82) is 0 Å². The Morgan fingerprint density at radius 3 is 3.07 bits per heavy atom. The molecule has 0 amide bonds. The predicted octanol–water partition coefficient (Wildman–Crippen LogP) is 0.951. The minimum atomic E-state index is -2.20. The molecule has 0 bridgehead atoms. The first-order valence-electron chi connectivity index (χ1n) is 4.44. The van der Waals surface area contributed by atoms with Crippen molar-refractivity contribution in [3.05, 3.63) is 17.5 Å². The lowest BCUT2D eigenvalue weighted by Crippen LogP contribution is -2.02. The molecule has 1 aliphatic rings. The maximum atomic E-state index is 10.3. The van der Waals surface area contributed by atoms with Gasteiger partial charge in [-0.1, -0.05) is 0 Å². The van der Waals surface area contributed by atoms with E-state index in [2.05, 4.69) is 9.28 Å². The first kappa shape index (κ1) is 9.82. The lowest BCUT2D eigenvalue weighted by atomic mass is 10.3. The van der Waals surface area contributed by atoms with Gasteiger partial charge in [-0.2, -0.15) is 9.31 Å². The molecule has 1 unspecified atom stereocenters. The molecule has 78 valence electrons. The number of nitrogens with zero attached hydrogens (tertiary/aromatic N) is 2. The van der Waals surface area contributed by atoms with Crippen LogP contribution >= 0.6 is 0 Å². The number of aromatic nitrogens is 2. The van der Waals surface area contributed by atoms with Crippen LogP contribution in [-0.4, -0.2) is 18.5 Å². The number of hydrogen-bond acceptors (Lipinski definition) is 3. The van der Waals surface area contributed by atoms with Crippen molar-refractivity contribution in [2.75, 3.05) is 0 Å². The van der Waals surface area contributed by atoms with E-state index in [9.17, 15) is 4.21 Å². The van der Waals surface area contributed by atoms with Gasteiger partial charge < -0.3 is 0 Å². The molecular formula is C8H12N2O3S. The van der Waals surface area contributed by atoms with Crippen LogP contribution in [0.25, 0.3) is 0 Å². The fraction of sp³-hybridized carbons (Fsp3) is 0.625. The lowest BCUT2D eigenvalue weighted by molar-refractivity contribution is 0.287. The first-order valence-corrected chi connectivity index (χ1v) is 5.47. The monoisotopic (exact) mass is 216 g/mol. The zero-order valence-corrected chi connectivity index (χ0v) is 8.66. The molecule has 0 spiro atoms. The summed E-state index contributed by atoms with van der Waals surface area (Å²) >= 11 is -2.20. The average Bonchev–Trinajstić information content (AvgIpc) is 2.88. The molecule has 1 N–H and O–H groups in total. The quantitative estimate of drug-likeness (QED) is 0.761. The van der Waals surface area contributed by atoms with Gasteiger partial charge in [-0.15, -0.1) is 0 Å². The van der Waals surface area contributed by atoms with E-state index in [1.807, 2.05) is 13.1 Å². The highest BCUT2D eigenvalue weighted by Gasteiger charge is 2.26. The van der Waals surface area contributed by atoms with Crippen LogP contribution in [0.3, 0.4) is 0 Å². The molecule has 1 atom stereocenters. The van der Waals surface area contributed by atoms with Crippen LogP contribution in [0, 0.1) is 0 Å². The predicted molar refractivity (Wildman–Crippen MR) is 50.7 cm³/mol. The smallest absolute Gasteiger partial charge is 0.284 e. The Balaban J connectivity index is 2.04. The van der Waals surface area contributed by atoms with Crippen molar-refractivity contribution in [1.82, 2.24) is 9.78 Å². The molecule has 1 fully saturated rings. The molecule has 6 heteroatoms. The van der Waals surface area contributed by atoms with Crippen LogP contribution in [-0.2, 0) is 29.2 Å². The second-order valence-corrected chi connectivity index (χ2v) is 4.11. The van der Waals surface area contributed by atoms with Crippen LogP contribution in [0.2, 0.25) is 0 Å². The Kier molecular flexibility index (Phi) is 2.66. The van der Waals surface area contributed by atoms with Gasteiger partial charge in [-0.3, -0.25) is 13.4 Å². The highest BCUT2D eigenvalue weighted by Crippen LogP contribution is 2.39. The third kappa shape index (κ3) is 2.20. The van der Waals surface area contributed by atoms with E-state index in [-0.39, 0.29) is 6.61 Å². The van der Waals surface area contributed by atoms with E-state index in [1.54, 1.807) is 4.68 Å². The van der Waals surface area contributed by atoms with Gasteiger partial charge in [0.15, 0.2) is 0 Å². The average molecular weight is 216 g/mol. The second-order valence-electron chi connectivity index (χ2n) is 3.44. The SMILES string of the molecule is Cn1nc(C2CC2)cc1COS(=O)O. The van der Waals surface area contributed by atoms with Crippen molar-refractivity contribution in [2.24, 2.45) is 7.05 Å². The van der Waals surface area contributed by atoms with E-state index in [4.69, 9.17) is 4.55 Å². The lowest BCUT2D eigenvalue weighted by Gasteiger charge is -1.98. The van der Waals surface area contributed by atoms with Crippen molar-refractivity contribution < 1.29 is 12.9 Å². The topological polar surface area (TPSA) is 64.4 Å². The number of aryl methyl sites for hydroxylation is 1. The molecule has 1 aliphatic carbocycles. The molecule has 0 aromatic carbocycles. The molecule has 2 rings (SSSR count). The van der Waals surface area contributed by atoms with Gasteiger partial charge in [-0.25, -0.2) is 0 Å². The summed E-state index contributed by atoms with van der Waals surface area (Å²) in [6, 6.07) is 1.94. The minimum Gasteiger partial charge on any atom is -0.284 e. The third-order valence-electron chi connectivity index (χ3n) is 2.30. The van der Waals surface area contributed by atoms with Crippen LogP contribution in [0.15, 0.2) is 6.07 Å². The molecular weight excluding hydrogens is 204 g/mol. The largest absolute Gasteiger partial charge is 0.302 e. The maximum Gasteiger partial charge on any atom is 0.302 e. The summed E-state index contributed by atoms with van der Waals surface area (Å²) < 4.78 is 25.0. The van der Waals surface area contributed by atoms with Crippen molar-refractivity contribution in [3.8, 4) is 0 Å². The number of hydrogen-bond donors (Lipinski definition) is 1. The molecule has 14 heavy (non-hydrogen) atoms. The van der Waals surface area contributed by atoms with Crippen LogP contribution in [0.5, 0.6) is 0 Å². The molecule has 0 saturated heterocycles. The van der Waals surface area contributed by atoms with E-state index >= 15 is 0 Å². The maximum absolute atomic E-state index is 10.3. The molecule has 5 nitrogen and oxygen atoms in total. The highest BCUT2D eigenvalue weighted by molar-refractivity contribution is 7.74. The van der Waals surface area contributed by atoms with Crippen LogP contribution in [0.4, 0.5) is 0 Å². The van der Waals surface area contributed by atoms with E-state index in [1.165, 1.54) is 12.8 Å². The molecule has 1 aromatic heterocycles. The van der Waals surface area contributed by atoms with E-state index in [0.717, 1.165) is 11.4 Å². The number of rotatable bonds is 4. The standard InChI is InChI=1S/C8H12N2O3S/c1-10-7(5-13-14(11)12)4-8(9-10)6-2-3-6/h4,6H,2-3,5H2,1H3,(H,11,12). The summed E-state index contributed by atoms with van der Waals surface area (Å²) in [5.41, 5.74) is 1.89. The highest BCUT2D eigenvalue weighted by atomic mass is 32.2. The Hall–Kier alpha value is -0.720. The summed E-state index contributed by atoms with van der Waals surface area (Å²) in [6.45, 7) is 0.124. The van der Waals surface area contributed by atoms with Crippen molar-refractivity contribution in [2.45, 2.75) is 25.4 Å². The Morgan fingerprint density at radius 1 is 1.79 bits per heavy atom. The zero-order valence-electron chi connectivity index (χ0n) is 7.84. The fourth-order valence-corrected chi connectivity index (χ4v) is 1.58. The van der Waals surface area contributed by atoms with Gasteiger partial charge in [0.25, 0.3) is 0 Å². The fourth-order valence-electron chi connectivity index (χ4n) is 1.35. The molecule has 0 radical (unpaired) electrons. The van der Waals surface area contributed by atoms with Crippen molar-refractivity contribution in [3.63, 3.8) is 0 Å². The second kappa shape index (κ2) is 3.80. The molecule has 1 aromatic rings. The van der Waals surface area contributed by atoms with Gasteiger partial charge in [0.2, 0.25) is 0 Å². The van der Waals surface area contributed by atoms with Gasteiger partial charge in [0.05, 0.1) is 11.4 Å². The van der Waals surface area contributed by atoms with Crippen LogP contribution in [0.1, 0.15) is 30.1 Å². The van der Waals surface area contributed by atoms with E-state index in [0.29, 0.717) is 5.92 Å². The first-order chi connectivity index (χ1) is 6.66. The summed E-state index contributed by atoms with van der Waals surface area (Å²) in [5, 5.41) is 4.31. The third-order valence-corrected chi connectivity index (χ3v) is 2.62. The van der Waals surface area contributed by atoms with Crippen LogP contribution < -0.4 is 0 Å². The van der Waals surface area contributed by atoms with Gasteiger partial charge in [0.1, 0.15) is 6.61 Å². The van der Waals surface area contributed by atoms with Crippen molar-refractivity contribution >= 4 is 11.4 Å². The summed E-state index contributed by atoms with van der Waals surface area (Å²) in [7, 11) is 1.81.